The molecule has 2 amide bonds. The summed E-state index contributed by atoms with van der Waals surface area (Å²) in [5.41, 5.74) is 3.99. The average molecular weight is 543 g/mol. The fraction of sp³-hybridized carbons (Fsp3) is 0.171. The van der Waals surface area contributed by atoms with E-state index in [1.807, 2.05) is 86.6 Å². The van der Waals surface area contributed by atoms with Gasteiger partial charge >= 0.3 is 0 Å². The molecule has 6 heteroatoms. The van der Waals surface area contributed by atoms with Crippen LogP contribution in [0.1, 0.15) is 45.8 Å². The summed E-state index contributed by atoms with van der Waals surface area (Å²) < 4.78 is 7.81. The summed E-state index contributed by atoms with van der Waals surface area (Å²) in [7, 11) is 0. The number of pyridine rings is 1. The van der Waals surface area contributed by atoms with E-state index in [9.17, 15) is 14.4 Å². The lowest BCUT2D eigenvalue weighted by Gasteiger charge is -2.24. The molecule has 0 bridgehead atoms. The van der Waals surface area contributed by atoms with E-state index in [2.05, 4.69) is 0 Å². The Kier molecular flexibility index (Phi) is 6.98. The molecule has 41 heavy (non-hydrogen) atoms. The Hall–Kier alpha value is -4.97. The number of carbonyl (C=O) groups excluding carboxylic acids is 2. The van der Waals surface area contributed by atoms with Crippen LogP contribution in [0.3, 0.4) is 0 Å². The highest BCUT2D eigenvalue weighted by molar-refractivity contribution is 6.21. The second kappa shape index (κ2) is 10.9. The van der Waals surface area contributed by atoms with Gasteiger partial charge in [0.25, 0.3) is 17.4 Å². The SMILES string of the molecule is CC(C)Cn1c(CN2C(=O)c3ccccc3C2=O)c(-c2ccccc2)c2ccc(OCc3ccccc3)cc2c1=O. The molecule has 0 atom stereocenters. The summed E-state index contributed by atoms with van der Waals surface area (Å²) in [6.45, 7) is 4.90. The predicted octanol–water partition coefficient (Wildman–Crippen LogP) is 6.70. The van der Waals surface area contributed by atoms with E-state index in [0.717, 1.165) is 22.1 Å². The van der Waals surface area contributed by atoms with E-state index in [4.69, 9.17) is 4.74 Å². The number of benzene rings is 4. The van der Waals surface area contributed by atoms with Gasteiger partial charge in [-0.15, -0.1) is 0 Å². The van der Waals surface area contributed by atoms with Crippen molar-refractivity contribution in [1.29, 1.82) is 0 Å². The number of amides is 2. The Morgan fingerprint density at radius 1 is 0.707 bits per heavy atom. The Balaban J connectivity index is 1.52. The van der Waals surface area contributed by atoms with Crippen molar-refractivity contribution in [3.05, 3.63) is 136 Å². The number of hydrogen-bond donors (Lipinski definition) is 0. The number of rotatable bonds is 8. The maximum absolute atomic E-state index is 14.2. The summed E-state index contributed by atoms with van der Waals surface area (Å²) in [5, 5.41) is 1.28. The van der Waals surface area contributed by atoms with E-state index in [0.29, 0.717) is 41.1 Å². The van der Waals surface area contributed by atoms with Crippen molar-refractivity contribution in [2.45, 2.75) is 33.5 Å². The van der Waals surface area contributed by atoms with Gasteiger partial charge in [-0.3, -0.25) is 19.3 Å². The number of aromatic nitrogens is 1. The van der Waals surface area contributed by atoms with E-state index in [-0.39, 0.29) is 29.8 Å². The Morgan fingerprint density at radius 2 is 1.32 bits per heavy atom. The number of carbonyl (C=O) groups is 2. The van der Waals surface area contributed by atoms with Crippen LogP contribution in [0, 0.1) is 5.92 Å². The summed E-state index contributed by atoms with van der Waals surface area (Å²) in [6.07, 6.45) is 0. The van der Waals surface area contributed by atoms with Gasteiger partial charge in [0.05, 0.1) is 23.1 Å². The van der Waals surface area contributed by atoms with Crippen LogP contribution in [0.2, 0.25) is 0 Å². The van der Waals surface area contributed by atoms with Crippen LogP contribution in [0.4, 0.5) is 0 Å². The van der Waals surface area contributed by atoms with E-state index in [1.165, 1.54) is 4.90 Å². The minimum atomic E-state index is -0.349. The van der Waals surface area contributed by atoms with Crippen LogP contribution < -0.4 is 10.3 Å². The largest absolute Gasteiger partial charge is 0.489 e. The lowest BCUT2D eigenvalue weighted by Crippen LogP contribution is -2.34. The van der Waals surface area contributed by atoms with E-state index >= 15 is 0 Å². The van der Waals surface area contributed by atoms with Crippen LogP contribution in [0.25, 0.3) is 21.9 Å². The van der Waals surface area contributed by atoms with Crippen LogP contribution in [0.5, 0.6) is 5.75 Å². The van der Waals surface area contributed by atoms with Crippen molar-refractivity contribution in [2.24, 2.45) is 5.92 Å². The maximum atomic E-state index is 14.2. The van der Waals surface area contributed by atoms with Gasteiger partial charge in [-0.1, -0.05) is 86.6 Å². The normalized spacial score (nSPS) is 12.8. The molecule has 0 saturated carbocycles. The van der Waals surface area contributed by atoms with E-state index in [1.54, 1.807) is 34.9 Å². The van der Waals surface area contributed by atoms with Gasteiger partial charge in [0.1, 0.15) is 12.4 Å². The highest BCUT2D eigenvalue weighted by Crippen LogP contribution is 2.35. The Morgan fingerprint density at radius 3 is 1.95 bits per heavy atom. The smallest absolute Gasteiger partial charge is 0.261 e. The van der Waals surface area contributed by atoms with Gasteiger partial charge in [0.15, 0.2) is 0 Å². The molecule has 0 saturated heterocycles. The quantitative estimate of drug-likeness (QED) is 0.205. The zero-order valence-electron chi connectivity index (χ0n) is 23.0. The minimum absolute atomic E-state index is 0.0132. The Labute approximate surface area is 238 Å². The number of fused-ring (bicyclic) bond motifs is 2. The molecule has 2 heterocycles. The number of nitrogens with zero attached hydrogens (tertiary/aromatic N) is 2. The fourth-order valence-electron chi connectivity index (χ4n) is 5.49. The molecule has 0 N–H and O–H groups in total. The number of ether oxygens (including phenoxy) is 1. The van der Waals surface area contributed by atoms with Crippen LogP contribution in [0.15, 0.2) is 108 Å². The van der Waals surface area contributed by atoms with Crippen molar-refractivity contribution in [2.75, 3.05) is 0 Å². The first-order valence-corrected chi connectivity index (χ1v) is 13.8. The number of hydrogen-bond acceptors (Lipinski definition) is 4. The summed E-state index contributed by atoms with van der Waals surface area (Å²) in [5.74, 6) is 0.0460. The molecule has 204 valence electrons. The lowest BCUT2D eigenvalue weighted by atomic mass is 9.95. The highest BCUT2D eigenvalue weighted by Gasteiger charge is 2.36. The molecule has 0 unspecified atom stereocenters. The molecular formula is C35H30N2O4. The molecule has 1 aliphatic heterocycles. The van der Waals surface area contributed by atoms with Crippen LogP contribution in [-0.2, 0) is 19.7 Å². The van der Waals surface area contributed by atoms with Gasteiger partial charge in [0.2, 0.25) is 0 Å². The number of imide groups is 1. The lowest BCUT2D eigenvalue weighted by molar-refractivity contribution is 0.0638. The van der Waals surface area contributed by atoms with Crippen molar-refractivity contribution >= 4 is 22.6 Å². The zero-order valence-corrected chi connectivity index (χ0v) is 23.0. The molecule has 0 spiro atoms. The standard InChI is InChI=1S/C35H30N2O4/c1-23(2)20-36-31(21-37-33(38)28-15-9-10-16-29(28)34(37)39)32(25-13-7-4-8-14-25)27-18-17-26(19-30(27)35(36)40)41-22-24-11-5-3-6-12-24/h3-19,23H,20-22H2,1-2H3. The molecule has 1 aromatic heterocycles. The topological polar surface area (TPSA) is 68.6 Å². The second-order valence-corrected chi connectivity index (χ2v) is 10.7. The van der Waals surface area contributed by atoms with Gasteiger partial charge in [-0.2, -0.15) is 0 Å². The van der Waals surface area contributed by atoms with Crippen molar-refractivity contribution in [3.63, 3.8) is 0 Å². The zero-order chi connectivity index (χ0) is 28.5. The second-order valence-electron chi connectivity index (χ2n) is 10.7. The van der Waals surface area contributed by atoms with Gasteiger partial charge in [-0.05, 0) is 52.8 Å². The van der Waals surface area contributed by atoms with Crippen LogP contribution >= 0.6 is 0 Å². The van der Waals surface area contributed by atoms with Crippen molar-refractivity contribution in [1.82, 2.24) is 9.47 Å². The molecule has 6 nitrogen and oxygen atoms in total. The fourth-order valence-corrected chi connectivity index (χ4v) is 5.49. The first-order chi connectivity index (χ1) is 19.9. The first-order valence-electron chi connectivity index (χ1n) is 13.8. The van der Waals surface area contributed by atoms with Gasteiger partial charge < -0.3 is 9.30 Å². The predicted molar refractivity (Wildman–Crippen MR) is 160 cm³/mol. The summed E-state index contributed by atoms with van der Waals surface area (Å²) in [4.78, 5) is 42.2. The molecule has 0 aliphatic carbocycles. The molecular weight excluding hydrogens is 512 g/mol. The highest BCUT2D eigenvalue weighted by atomic mass is 16.5. The molecule has 6 rings (SSSR count). The maximum Gasteiger partial charge on any atom is 0.261 e. The summed E-state index contributed by atoms with van der Waals surface area (Å²) in [6, 6.07) is 32.1. The molecule has 4 aromatic carbocycles. The third-order valence-electron chi connectivity index (χ3n) is 7.39. The summed E-state index contributed by atoms with van der Waals surface area (Å²) >= 11 is 0. The van der Waals surface area contributed by atoms with Crippen LogP contribution in [-0.4, -0.2) is 21.3 Å². The van der Waals surface area contributed by atoms with Crippen molar-refractivity contribution < 1.29 is 14.3 Å². The Bertz CT molecular complexity index is 1790. The monoisotopic (exact) mass is 542 g/mol. The van der Waals surface area contributed by atoms with Crippen molar-refractivity contribution in [3.8, 4) is 16.9 Å². The average Bonchev–Trinajstić information content (AvgIpc) is 3.24. The molecule has 5 aromatic rings. The molecule has 0 fully saturated rings. The van der Waals surface area contributed by atoms with E-state index < -0.39 is 0 Å². The van der Waals surface area contributed by atoms with Gasteiger partial charge in [0, 0.05) is 17.8 Å². The third-order valence-corrected chi connectivity index (χ3v) is 7.39. The molecule has 0 radical (unpaired) electrons. The van der Waals surface area contributed by atoms with Gasteiger partial charge in [-0.25, -0.2) is 0 Å². The third kappa shape index (κ3) is 4.93. The first kappa shape index (κ1) is 26.3. The minimum Gasteiger partial charge on any atom is -0.489 e. The molecule has 1 aliphatic rings.